The molecule has 1 aliphatic rings. The lowest BCUT2D eigenvalue weighted by atomic mass is 9.93. The highest BCUT2D eigenvalue weighted by Crippen LogP contribution is 2.27. The first kappa shape index (κ1) is 20.8. The summed E-state index contributed by atoms with van der Waals surface area (Å²) >= 11 is 0. The zero-order valence-electron chi connectivity index (χ0n) is 17.7. The summed E-state index contributed by atoms with van der Waals surface area (Å²) in [5, 5.41) is 0. The van der Waals surface area contributed by atoms with Crippen LogP contribution in [0, 0.1) is 13.8 Å². The van der Waals surface area contributed by atoms with Crippen molar-refractivity contribution < 1.29 is 9.59 Å². The Morgan fingerprint density at radius 1 is 1.21 bits per heavy atom. The second-order valence-electron chi connectivity index (χ2n) is 7.97. The molecule has 0 aliphatic carbocycles. The van der Waals surface area contributed by atoms with E-state index >= 15 is 0 Å². The minimum Gasteiger partial charge on any atom is -0.345 e. The maximum absolute atomic E-state index is 13.1. The van der Waals surface area contributed by atoms with E-state index in [0.717, 1.165) is 24.2 Å². The Hall–Kier alpha value is -2.96. The van der Waals surface area contributed by atoms with Gasteiger partial charge in [-0.3, -0.25) is 19.4 Å². The second-order valence-corrected chi connectivity index (χ2v) is 7.97. The molecule has 1 saturated heterocycles. The number of hydrogen-bond acceptors (Lipinski definition) is 4. The van der Waals surface area contributed by atoms with Crippen LogP contribution in [0.3, 0.4) is 0 Å². The van der Waals surface area contributed by atoms with E-state index < -0.39 is 0 Å². The first-order chi connectivity index (χ1) is 13.7. The van der Waals surface area contributed by atoms with Crippen molar-refractivity contribution >= 4 is 11.8 Å². The van der Waals surface area contributed by atoms with Gasteiger partial charge in [0.1, 0.15) is 5.56 Å². The van der Waals surface area contributed by atoms with Crippen LogP contribution in [-0.4, -0.2) is 58.4 Å². The second kappa shape index (κ2) is 8.19. The summed E-state index contributed by atoms with van der Waals surface area (Å²) in [7, 11) is 5.10. The van der Waals surface area contributed by atoms with Crippen LogP contribution in [-0.2, 0) is 7.05 Å². The van der Waals surface area contributed by atoms with Gasteiger partial charge in [0.15, 0.2) is 0 Å². The van der Waals surface area contributed by atoms with Crippen molar-refractivity contribution in [3.05, 3.63) is 62.8 Å². The van der Waals surface area contributed by atoms with Gasteiger partial charge < -0.3 is 14.4 Å². The van der Waals surface area contributed by atoms with Gasteiger partial charge in [-0.1, -0.05) is 0 Å². The van der Waals surface area contributed by atoms with Crippen LogP contribution in [0.25, 0.3) is 0 Å². The molecule has 0 aromatic carbocycles. The Morgan fingerprint density at radius 2 is 1.93 bits per heavy atom. The van der Waals surface area contributed by atoms with Gasteiger partial charge in [0.25, 0.3) is 17.4 Å². The number of likely N-dealkylation sites (tertiary alicyclic amines) is 1. The molecule has 1 atom stereocenters. The van der Waals surface area contributed by atoms with Crippen molar-refractivity contribution in [2.75, 3.05) is 27.2 Å². The summed E-state index contributed by atoms with van der Waals surface area (Å²) in [5.74, 6) is -0.215. The van der Waals surface area contributed by atoms with Crippen molar-refractivity contribution in [2.24, 2.45) is 7.05 Å². The number of carbonyl (C=O) groups is 2. The predicted molar refractivity (Wildman–Crippen MR) is 111 cm³/mol. The number of amides is 2. The molecule has 1 aliphatic heterocycles. The van der Waals surface area contributed by atoms with Crippen LogP contribution < -0.4 is 5.56 Å². The van der Waals surface area contributed by atoms with Crippen molar-refractivity contribution in [2.45, 2.75) is 32.6 Å². The third-order valence-electron chi connectivity index (χ3n) is 5.65. The number of carbonyl (C=O) groups excluding carboxylic acids is 2. The van der Waals surface area contributed by atoms with Crippen LogP contribution in [0.2, 0.25) is 0 Å². The molecule has 7 nitrogen and oxygen atoms in total. The van der Waals surface area contributed by atoms with Crippen molar-refractivity contribution in [1.29, 1.82) is 0 Å². The number of hydrogen-bond donors (Lipinski definition) is 0. The minimum absolute atomic E-state index is 0.0878. The van der Waals surface area contributed by atoms with E-state index in [1.807, 2.05) is 26.0 Å². The quantitative estimate of drug-likeness (QED) is 0.796. The molecule has 154 valence electrons. The highest BCUT2D eigenvalue weighted by atomic mass is 16.2. The van der Waals surface area contributed by atoms with Gasteiger partial charge in [0.05, 0.1) is 5.56 Å². The van der Waals surface area contributed by atoms with Crippen LogP contribution in [0.1, 0.15) is 56.4 Å². The maximum atomic E-state index is 13.1. The Morgan fingerprint density at radius 3 is 2.55 bits per heavy atom. The Labute approximate surface area is 171 Å². The van der Waals surface area contributed by atoms with Crippen molar-refractivity contribution in [1.82, 2.24) is 19.4 Å². The molecule has 0 unspecified atom stereocenters. The molecular weight excluding hydrogens is 368 g/mol. The number of rotatable bonds is 3. The third kappa shape index (κ3) is 4.09. The average molecular weight is 396 g/mol. The van der Waals surface area contributed by atoms with Gasteiger partial charge in [0.2, 0.25) is 0 Å². The Bertz CT molecular complexity index is 992. The molecule has 0 N–H and O–H groups in total. The molecule has 2 amide bonds. The van der Waals surface area contributed by atoms with Gasteiger partial charge >= 0.3 is 0 Å². The molecule has 2 aromatic heterocycles. The molecule has 2 aromatic rings. The Balaban J connectivity index is 1.81. The number of aryl methyl sites for hydroxylation is 2. The first-order valence-corrected chi connectivity index (χ1v) is 9.84. The van der Waals surface area contributed by atoms with Crippen LogP contribution >= 0.6 is 0 Å². The fourth-order valence-corrected chi connectivity index (χ4v) is 3.83. The van der Waals surface area contributed by atoms with E-state index in [9.17, 15) is 14.4 Å². The maximum Gasteiger partial charge on any atom is 0.263 e. The van der Waals surface area contributed by atoms with Gasteiger partial charge in [0, 0.05) is 57.7 Å². The normalized spacial score (nSPS) is 16.6. The number of aromatic nitrogens is 2. The lowest BCUT2D eigenvalue weighted by molar-refractivity contribution is 0.0702. The predicted octanol–water partition coefficient (Wildman–Crippen LogP) is 2.12. The fraction of sp³-hybridized carbons (Fsp3) is 0.455. The molecule has 7 heteroatoms. The zero-order valence-corrected chi connectivity index (χ0v) is 17.7. The smallest absolute Gasteiger partial charge is 0.263 e. The SMILES string of the molecule is Cc1cc(C)n(C)c(=O)c1C(=O)N1CCC[C@H](c2ccc(C(=O)N(C)C)cn2)C1. The van der Waals surface area contributed by atoms with E-state index in [4.69, 9.17) is 0 Å². The molecule has 1 fully saturated rings. The lowest BCUT2D eigenvalue weighted by Crippen LogP contribution is -2.42. The minimum atomic E-state index is -0.251. The average Bonchev–Trinajstić information content (AvgIpc) is 2.71. The van der Waals surface area contributed by atoms with E-state index in [2.05, 4.69) is 4.98 Å². The standard InChI is InChI=1S/C22H28N4O3/c1-14-11-15(2)25(5)21(28)19(14)22(29)26-10-6-7-17(13-26)18-9-8-16(12-23-18)20(27)24(3)4/h8-9,11-12,17H,6-7,10,13H2,1-5H3/t17-/m0/s1. The summed E-state index contributed by atoms with van der Waals surface area (Å²) < 4.78 is 1.52. The first-order valence-electron chi connectivity index (χ1n) is 9.84. The summed E-state index contributed by atoms with van der Waals surface area (Å²) in [5.41, 5.74) is 2.95. The highest BCUT2D eigenvalue weighted by Gasteiger charge is 2.29. The summed E-state index contributed by atoms with van der Waals surface area (Å²) in [6.07, 6.45) is 3.36. The topological polar surface area (TPSA) is 75.5 Å². The number of nitrogens with zero attached hydrogens (tertiary/aromatic N) is 4. The van der Waals surface area contributed by atoms with Gasteiger partial charge in [-0.25, -0.2) is 0 Å². The fourth-order valence-electron chi connectivity index (χ4n) is 3.83. The molecule has 3 heterocycles. The van der Waals surface area contributed by atoms with E-state index in [1.54, 1.807) is 38.3 Å². The van der Waals surface area contributed by atoms with E-state index in [-0.39, 0.29) is 28.9 Å². The molecule has 0 saturated carbocycles. The van der Waals surface area contributed by atoms with Gasteiger partial charge in [-0.15, -0.1) is 0 Å². The van der Waals surface area contributed by atoms with Crippen LogP contribution in [0.5, 0.6) is 0 Å². The third-order valence-corrected chi connectivity index (χ3v) is 5.65. The number of piperidine rings is 1. The van der Waals surface area contributed by atoms with E-state index in [0.29, 0.717) is 24.2 Å². The number of pyridine rings is 2. The molecule has 29 heavy (non-hydrogen) atoms. The van der Waals surface area contributed by atoms with Gasteiger partial charge in [-0.2, -0.15) is 0 Å². The van der Waals surface area contributed by atoms with Gasteiger partial charge in [-0.05, 0) is 50.5 Å². The summed E-state index contributed by atoms with van der Waals surface area (Å²) in [6, 6.07) is 5.52. The van der Waals surface area contributed by atoms with E-state index in [1.165, 1.54) is 9.47 Å². The van der Waals surface area contributed by atoms with Crippen molar-refractivity contribution in [3.8, 4) is 0 Å². The van der Waals surface area contributed by atoms with Crippen LogP contribution in [0.4, 0.5) is 0 Å². The molecule has 0 bridgehead atoms. The lowest BCUT2D eigenvalue weighted by Gasteiger charge is -2.33. The highest BCUT2D eigenvalue weighted by molar-refractivity contribution is 5.95. The molecule has 0 spiro atoms. The molecular formula is C22H28N4O3. The monoisotopic (exact) mass is 396 g/mol. The van der Waals surface area contributed by atoms with Crippen molar-refractivity contribution in [3.63, 3.8) is 0 Å². The largest absolute Gasteiger partial charge is 0.345 e. The summed E-state index contributed by atoms with van der Waals surface area (Å²) in [4.78, 5) is 45.6. The summed E-state index contributed by atoms with van der Waals surface area (Å²) in [6.45, 7) is 4.81. The zero-order chi connectivity index (χ0) is 21.3. The molecule has 3 rings (SSSR count). The Kier molecular flexibility index (Phi) is 5.86. The van der Waals surface area contributed by atoms with Crippen LogP contribution in [0.15, 0.2) is 29.2 Å². The molecule has 0 radical (unpaired) electrons.